The van der Waals surface area contributed by atoms with E-state index in [-0.39, 0.29) is 17.4 Å². The molecule has 5 aromatic rings. The Kier molecular flexibility index (Phi) is 8.02. The number of benzene rings is 3. The fraction of sp³-hybridized carbons (Fsp3) is 0.290. The zero-order valence-electron chi connectivity index (χ0n) is 23.2. The van der Waals surface area contributed by atoms with E-state index in [2.05, 4.69) is 38.4 Å². The zero-order valence-corrected chi connectivity index (χ0v) is 23.2. The van der Waals surface area contributed by atoms with Gasteiger partial charge in [-0.1, -0.05) is 43.3 Å². The third-order valence-corrected chi connectivity index (χ3v) is 7.48. The number of hydrogen-bond acceptors (Lipinski definition) is 6. The number of aromatic amines is 1. The molecule has 0 radical (unpaired) electrons. The lowest BCUT2D eigenvalue weighted by atomic mass is 10.0. The maximum Gasteiger partial charge on any atom is 0.252 e. The van der Waals surface area contributed by atoms with Crippen LogP contribution in [0.2, 0.25) is 0 Å². The Morgan fingerprint density at radius 1 is 1.00 bits per heavy atom. The van der Waals surface area contributed by atoms with Crippen molar-refractivity contribution in [3.8, 4) is 5.75 Å². The van der Waals surface area contributed by atoms with Crippen LogP contribution in [-0.2, 0) is 19.6 Å². The minimum Gasteiger partial charge on any atom is -0.497 e. The van der Waals surface area contributed by atoms with Crippen molar-refractivity contribution in [2.24, 2.45) is 0 Å². The SMILES string of the molecule is CC[C@H](c1nnnn1Cc1ccc(OC)cc1)N(Cc1ccc(F)cc1)Cc1cc2ccc(C)c(C)c2[nH]c1=O. The predicted molar refractivity (Wildman–Crippen MR) is 153 cm³/mol. The summed E-state index contributed by atoms with van der Waals surface area (Å²) in [5.41, 5.74) is 5.53. The standard InChI is InChI=1S/C31H33FN6O2/c1-5-28(30-34-35-36-38(30)18-23-9-14-27(40-4)15-10-23)37(17-22-7-12-26(32)13-8-22)19-25-16-24-11-6-20(2)21(3)29(24)33-31(25)39/h6-16,28H,5,17-19H2,1-4H3,(H,33,39)/t28-/m1/s1. The average molecular weight is 541 g/mol. The van der Waals surface area contributed by atoms with Crippen molar-refractivity contribution in [2.45, 2.75) is 52.9 Å². The summed E-state index contributed by atoms with van der Waals surface area (Å²) in [5.74, 6) is 1.19. The molecule has 0 fully saturated rings. The highest BCUT2D eigenvalue weighted by Crippen LogP contribution is 2.28. The lowest BCUT2D eigenvalue weighted by Gasteiger charge is -2.30. The van der Waals surface area contributed by atoms with E-state index in [0.29, 0.717) is 37.4 Å². The largest absolute Gasteiger partial charge is 0.497 e. The molecule has 40 heavy (non-hydrogen) atoms. The van der Waals surface area contributed by atoms with Crippen LogP contribution in [0.1, 0.15) is 53.0 Å². The van der Waals surface area contributed by atoms with Crippen LogP contribution in [0.15, 0.2) is 71.5 Å². The van der Waals surface area contributed by atoms with Gasteiger partial charge < -0.3 is 9.72 Å². The molecular formula is C31H33FN6O2. The average Bonchev–Trinajstić information content (AvgIpc) is 3.41. The second-order valence-corrected chi connectivity index (χ2v) is 10.1. The lowest BCUT2D eigenvalue weighted by Crippen LogP contribution is -2.32. The summed E-state index contributed by atoms with van der Waals surface area (Å²) >= 11 is 0. The summed E-state index contributed by atoms with van der Waals surface area (Å²) in [7, 11) is 1.64. The van der Waals surface area contributed by atoms with Crippen LogP contribution >= 0.6 is 0 Å². The molecule has 0 spiro atoms. The number of ether oxygens (including phenoxy) is 1. The normalized spacial score (nSPS) is 12.2. The van der Waals surface area contributed by atoms with Crippen molar-refractivity contribution >= 4 is 10.9 Å². The molecule has 1 N–H and O–H groups in total. The molecule has 0 aliphatic heterocycles. The second kappa shape index (κ2) is 11.8. The summed E-state index contributed by atoms with van der Waals surface area (Å²) in [6.45, 7) is 7.47. The third kappa shape index (κ3) is 5.79. The minimum absolute atomic E-state index is 0.127. The van der Waals surface area contributed by atoms with Crippen molar-refractivity contribution in [1.82, 2.24) is 30.1 Å². The molecule has 0 bridgehead atoms. The fourth-order valence-corrected chi connectivity index (χ4v) is 5.08. The van der Waals surface area contributed by atoms with Crippen LogP contribution in [0.3, 0.4) is 0 Å². The number of aryl methyl sites for hydroxylation is 2. The number of nitrogens with zero attached hydrogens (tertiary/aromatic N) is 5. The number of fused-ring (bicyclic) bond motifs is 1. The maximum absolute atomic E-state index is 13.7. The second-order valence-electron chi connectivity index (χ2n) is 10.1. The minimum atomic E-state index is -0.289. The highest BCUT2D eigenvalue weighted by Gasteiger charge is 2.26. The fourth-order valence-electron chi connectivity index (χ4n) is 5.08. The molecule has 0 amide bonds. The van der Waals surface area contributed by atoms with E-state index < -0.39 is 0 Å². The lowest BCUT2D eigenvalue weighted by molar-refractivity contribution is 0.161. The molecule has 3 aromatic carbocycles. The molecule has 0 saturated heterocycles. The highest BCUT2D eigenvalue weighted by molar-refractivity contribution is 5.83. The van der Waals surface area contributed by atoms with Crippen molar-refractivity contribution in [2.75, 3.05) is 7.11 Å². The molecule has 0 saturated carbocycles. The number of aromatic nitrogens is 5. The van der Waals surface area contributed by atoms with E-state index >= 15 is 0 Å². The van der Waals surface area contributed by atoms with Crippen LogP contribution in [0.5, 0.6) is 5.75 Å². The van der Waals surface area contributed by atoms with Crippen LogP contribution < -0.4 is 10.3 Å². The highest BCUT2D eigenvalue weighted by atomic mass is 19.1. The topological polar surface area (TPSA) is 88.9 Å². The number of halogens is 1. The Balaban J connectivity index is 1.51. The molecule has 2 heterocycles. The Bertz CT molecular complexity index is 1660. The molecule has 1 atom stereocenters. The molecule has 5 rings (SSSR count). The van der Waals surface area contributed by atoms with Gasteiger partial charge in [0, 0.05) is 18.7 Å². The van der Waals surface area contributed by atoms with Gasteiger partial charge in [0.15, 0.2) is 5.82 Å². The quantitative estimate of drug-likeness (QED) is 0.252. The first-order valence-electron chi connectivity index (χ1n) is 13.4. The number of hydrogen-bond donors (Lipinski definition) is 1. The van der Waals surface area contributed by atoms with Gasteiger partial charge in [0.2, 0.25) is 0 Å². The monoisotopic (exact) mass is 540 g/mol. The number of nitrogens with one attached hydrogen (secondary N) is 1. The summed E-state index contributed by atoms with van der Waals surface area (Å²) in [6, 6.07) is 20.1. The van der Waals surface area contributed by atoms with Gasteiger partial charge in [0.1, 0.15) is 11.6 Å². The van der Waals surface area contributed by atoms with Crippen molar-refractivity contribution in [3.63, 3.8) is 0 Å². The van der Waals surface area contributed by atoms with E-state index in [9.17, 15) is 9.18 Å². The molecular weight excluding hydrogens is 507 g/mol. The zero-order chi connectivity index (χ0) is 28.2. The first-order chi connectivity index (χ1) is 19.4. The summed E-state index contributed by atoms with van der Waals surface area (Å²) in [4.78, 5) is 18.6. The van der Waals surface area contributed by atoms with E-state index in [1.807, 2.05) is 50.2 Å². The molecule has 2 aromatic heterocycles. The molecule has 0 aliphatic rings. The Morgan fingerprint density at radius 2 is 1.73 bits per heavy atom. The van der Waals surface area contributed by atoms with Crippen LogP contribution in [0.25, 0.3) is 10.9 Å². The molecule has 8 nitrogen and oxygen atoms in total. The van der Waals surface area contributed by atoms with E-state index in [4.69, 9.17) is 4.74 Å². The van der Waals surface area contributed by atoms with E-state index in [1.54, 1.807) is 23.9 Å². The van der Waals surface area contributed by atoms with Gasteiger partial charge >= 0.3 is 0 Å². The van der Waals surface area contributed by atoms with Crippen molar-refractivity contribution in [3.05, 3.63) is 117 Å². The van der Waals surface area contributed by atoms with Crippen molar-refractivity contribution in [1.29, 1.82) is 0 Å². The van der Waals surface area contributed by atoms with Gasteiger partial charge in [0.25, 0.3) is 5.56 Å². The smallest absolute Gasteiger partial charge is 0.252 e. The number of methoxy groups -OCH3 is 1. The van der Waals surface area contributed by atoms with E-state index in [0.717, 1.165) is 38.9 Å². The Hall–Kier alpha value is -4.37. The maximum atomic E-state index is 13.7. The Labute approximate surface area is 232 Å². The summed E-state index contributed by atoms with van der Waals surface area (Å²) < 4.78 is 20.8. The summed E-state index contributed by atoms with van der Waals surface area (Å²) in [5, 5.41) is 13.7. The first kappa shape index (κ1) is 27.2. The molecule has 206 valence electrons. The third-order valence-electron chi connectivity index (χ3n) is 7.48. The van der Waals surface area contributed by atoms with Gasteiger partial charge in [-0.15, -0.1) is 5.10 Å². The van der Waals surface area contributed by atoms with Gasteiger partial charge in [-0.25, -0.2) is 9.07 Å². The van der Waals surface area contributed by atoms with Crippen LogP contribution in [0, 0.1) is 19.7 Å². The van der Waals surface area contributed by atoms with Crippen molar-refractivity contribution < 1.29 is 9.13 Å². The summed E-state index contributed by atoms with van der Waals surface area (Å²) in [6.07, 6.45) is 0.702. The van der Waals surface area contributed by atoms with Gasteiger partial charge in [-0.2, -0.15) is 0 Å². The van der Waals surface area contributed by atoms with E-state index in [1.165, 1.54) is 12.1 Å². The van der Waals surface area contributed by atoms with Crippen LogP contribution in [0.4, 0.5) is 4.39 Å². The number of H-pyrrole nitrogens is 1. The predicted octanol–water partition coefficient (Wildman–Crippen LogP) is 5.48. The molecule has 9 heteroatoms. The number of rotatable bonds is 10. The van der Waals surface area contributed by atoms with Gasteiger partial charge in [-0.3, -0.25) is 9.69 Å². The van der Waals surface area contributed by atoms with Gasteiger partial charge in [0.05, 0.1) is 25.2 Å². The first-order valence-corrected chi connectivity index (χ1v) is 13.4. The van der Waals surface area contributed by atoms with Crippen LogP contribution in [-0.4, -0.2) is 37.2 Å². The molecule has 0 aliphatic carbocycles. The Morgan fingerprint density at radius 3 is 2.42 bits per heavy atom. The number of pyridine rings is 1. The number of tetrazole rings is 1. The van der Waals surface area contributed by atoms with Gasteiger partial charge in [-0.05, 0) is 88.7 Å². The molecule has 0 unspecified atom stereocenters.